The summed E-state index contributed by atoms with van der Waals surface area (Å²) in [4.78, 5) is 4.89. The smallest absolute Gasteiger partial charge is 0.252 e. The van der Waals surface area contributed by atoms with Gasteiger partial charge in [-0.3, -0.25) is 0 Å². The molecular formula is C116H107BN4. The summed E-state index contributed by atoms with van der Waals surface area (Å²) in [6, 6.07) is 79.9. The fraction of sp³-hybridized carbons (Fsp3) is 0.207. The Morgan fingerprint density at radius 1 is 0.248 bits per heavy atom. The highest BCUT2D eigenvalue weighted by Crippen LogP contribution is 2.57. The molecule has 4 nitrogen and oxygen atoms in total. The molecule has 0 aliphatic carbocycles. The highest BCUT2D eigenvalue weighted by molar-refractivity contribution is 7.00. The predicted octanol–water partition coefficient (Wildman–Crippen LogP) is 30.4. The Morgan fingerprint density at radius 2 is 0.603 bits per heavy atom. The molecule has 121 heavy (non-hydrogen) atoms. The van der Waals surface area contributed by atoms with E-state index in [0.717, 1.165) is 139 Å². The molecule has 2 aromatic heterocycles. The molecule has 0 radical (unpaired) electrons. The maximum Gasteiger partial charge on any atom is 0.252 e. The highest BCUT2D eigenvalue weighted by atomic mass is 15.2. The van der Waals surface area contributed by atoms with Crippen LogP contribution < -0.4 is 26.2 Å². The van der Waals surface area contributed by atoms with Gasteiger partial charge in [-0.05, 0) is 240 Å². The molecule has 0 fully saturated rings. The Kier molecular flexibility index (Phi) is 14.4. The topological polar surface area (TPSA) is 16.3 Å². The minimum Gasteiger partial charge on any atom is -0.310 e. The van der Waals surface area contributed by atoms with Crippen molar-refractivity contribution >= 4 is 122 Å². The van der Waals surface area contributed by atoms with E-state index in [9.17, 15) is 19.2 Å². The normalized spacial score (nSPS) is 14.9. The molecule has 0 saturated carbocycles. The van der Waals surface area contributed by atoms with Crippen LogP contribution in [0.5, 0.6) is 0 Å². The number of anilines is 6. The van der Waals surface area contributed by atoms with Gasteiger partial charge in [-0.15, -0.1) is 0 Å². The summed E-state index contributed by atoms with van der Waals surface area (Å²) in [5, 5.41) is 4.52. The quantitative estimate of drug-likeness (QED) is 0.106. The van der Waals surface area contributed by atoms with E-state index in [0.29, 0.717) is 22.7 Å². The molecule has 5 heteroatoms. The number of para-hydroxylation sites is 2. The molecule has 18 aromatic rings. The largest absolute Gasteiger partial charge is 0.310 e. The number of hydrogen-bond acceptors (Lipinski definition) is 2. The Balaban J connectivity index is 1.06. The van der Waals surface area contributed by atoms with Crippen LogP contribution in [-0.2, 0) is 32.5 Å². The maximum atomic E-state index is 10.5. The van der Waals surface area contributed by atoms with E-state index >= 15 is 0 Å². The summed E-state index contributed by atoms with van der Waals surface area (Å²) in [5.41, 5.74) is 18.3. The van der Waals surface area contributed by atoms with Gasteiger partial charge in [0.2, 0.25) is 0 Å². The molecule has 594 valence electrons. The Labute approximate surface area is 735 Å². The molecule has 0 atom stereocenters. The van der Waals surface area contributed by atoms with Crippen molar-refractivity contribution in [2.75, 3.05) is 9.80 Å². The Bertz CT molecular complexity index is 8060. The van der Waals surface area contributed by atoms with Crippen molar-refractivity contribution < 1.29 is 19.2 Å². The van der Waals surface area contributed by atoms with Crippen LogP contribution in [0.2, 0.25) is 0 Å². The molecule has 0 N–H and O–H groups in total. The zero-order valence-electron chi connectivity index (χ0n) is 86.4. The number of benzene rings is 16. The molecule has 2 aliphatic rings. The van der Waals surface area contributed by atoms with Crippen molar-refractivity contribution in [1.29, 1.82) is 0 Å². The standard InChI is InChI=1S/C116H107BN4/c1-111(2,3)78-50-56-102-95(64-78)89-46-32-34-48-100(89)118(102)84-52-54-98-104(70-84)120(109-91(72-36-22-19-23-37-72)66-82(115(13,14)15)67-92(109)73-38-24-20-25-39-73)106-61-77(76-58-80(113(7,8)9)63-81(59-76)114(10,11)12)62-107-108(106)117(98)99-55-53-85(119-101-49-35-33-47-90(101)96-65-79(112(4,5)6)51-57-103(96)119)71-105(99)121(107)110-93(74-40-26-21-27-41-74)68-83(116(16,17)18)69-97(110)94-60-75-42-28-29-43-86(75)87-44-30-31-45-88(87)94/h19-71H,1-18H3/i32D,33D,34D,35D,46D,47D,48D,49D,50D,51D,56D,57D,64D,65D. The number of nitrogens with zero attached hydrogens (tertiary/aromatic N) is 4. The first kappa shape index (κ1) is 62.5. The molecule has 16 aromatic carbocycles. The second-order valence-corrected chi connectivity index (χ2v) is 39.5. The highest BCUT2D eigenvalue weighted by Gasteiger charge is 2.47. The lowest BCUT2D eigenvalue weighted by atomic mass is 9.33. The van der Waals surface area contributed by atoms with E-state index in [1.807, 2.05) is 71.9 Å². The van der Waals surface area contributed by atoms with Crippen molar-refractivity contribution in [1.82, 2.24) is 9.13 Å². The van der Waals surface area contributed by atoms with Gasteiger partial charge in [0, 0.05) is 77.9 Å². The van der Waals surface area contributed by atoms with Gasteiger partial charge >= 0.3 is 0 Å². The van der Waals surface area contributed by atoms with Crippen LogP contribution in [0.4, 0.5) is 34.1 Å². The van der Waals surface area contributed by atoms with Crippen LogP contribution in [-0.4, -0.2) is 15.8 Å². The maximum absolute atomic E-state index is 10.5. The molecular weight excluding hydrogens is 1460 g/mol. The SMILES string of the molecule is [2H]c1c([2H])c([2H])c2c(c1[2H])c1c([2H])c(C(C)(C)C)c([2H])c([2H])c1n2-c1ccc2c(c1)N(c1c(-c3ccccc3)cc(C(C)(C)C)cc1-c1ccccc1)c1cc(-c3cc(C(C)(C)C)cc(C(C)(C)C)c3)cc3c1B2c1ccc(-n2c4c([2H])c([2H])c([2H])c([2H])c4c4c([2H])c(C(C)(C)C)c([2H])c([2H])c42)cc1N3c1c(-c2ccccc2)cc(C(C)(C)C)cc1-c1cc2ccccc2c2ccccc12. The van der Waals surface area contributed by atoms with Crippen molar-refractivity contribution in [3.05, 3.63) is 355 Å². The molecule has 0 spiro atoms. The summed E-state index contributed by atoms with van der Waals surface area (Å²) in [5.74, 6) is 0. The van der Waals surface area contributed by atoms with E-state index in [1.165, 1.54) is 0 Å². The van der Waals surface area contributed by atoms with Gasteiger partial charge in [-0.1, -0.05) is 343 Å². The summed E-state index contributed by atoms with van der Waals surface area (Å²) < 4.78 is 144. The lowest BCUT2D eigenvalue weighted by Gasteiger charge is -2.46. The van der Waals surface area contributed by atoms with E-state index < -0.39 is 52.5 Å². The van der Waals surface area contributed by atoms with Crippen LogP contribution in [0.1, 0.15) is 177 Å². The fourth-order valence-corrected chi connectivity index (χ4v) is 18.5. The number of hydrogen-bond donors (Lipinski definition) is 0. The molecule has 2 aliphatic heterocycles. The average Bonchev–Trinajstić information content (AvgIpc) is 1.56. The lowest BCUT2D eigenvalue weighted by Crippen LogP contribution is -2.61. The number of aromatic nitrogens is 2. The molecule has 20 rings (SSSR count). The lowest BCUT2D eigenvalue weighted by molar-refractivity contribution is 0.569. The molecule has 0 amide bonds. The van der Waals surface area contributed by atoms with Gasteiger partial charge in [0.1, 0.15) is 0 Å². The van der Waals surface area contributed by atoms with Crippen LogP contribution >= 0.6 is 0 Å². The second kappa shape index (κ2) is 27.9. The van der Waals surface area contributed by atoms with Gasteiger partial charge < -0.3 is 18.9 Å². The summed E-state index contributed by atoms with van der Waals surface area (Å²) in [7, 11) is 0. The molecule has 0 saturated heterocycles. The van der Waals surface area contributed by atoms with Crippen molar-refractivity contribution in [2.45, 2.75) is 157 Å². The van der Waals surface area contributed by atoms with Gasteiger partial charge in [0.05, 0.1) is 52.6 Å². The van der Waals surface area contributed by atoms with E-state index in [2.05, 4.69) is 299 Å². The summed E-state index contributed by atoms with van der Waals surface area (Å²) >= 11 is 0. The van der Waals surface area contributed by atoms with Crippen LogP contribution in [0.3, 0.4) is 0 Å². The molecule has 0 unspecified atom stereocenters. The minimum atomic E-state index is -0.867. The van der Waals surface area contributed by atoms with E-state index in [-0.39, 0.29) is 126 Å². The van der Waals surface area contributed by atoms with Crippen molar-refractivity contribution in [3.63, 3.8) is 0 Å². The first-order valence-electron chi connectivity index (χ1n) is 49.4. The minimum absolute atomic E-state index is 0.0366. The third kappa shape index (κ3) is 12.9. The van der Waals surface area contributed by atoms with Crippen LogP contribution in [0.25, 0.3) is 132 Å². The van der Waals surface area contributed by atoms with Crippen LogP contribution in [0.15, 0.2) is 321 Å². The van der Waals surface area contributed by atoms with Crippen LogP contribution in [0, 0.1) is 0 Å². The third-order valence-corrected chi connectivity index (χ3v) is 25.1. The van der Waals surface area contributed by atoms with Crippen molar-refractivity contribution in [2.24, 2.45) is 0 Å². The van der Waals surface area contributed by atoms with Gasteiger partial charge in [0.25, 0.3) is 6.71 Å². The zero-order chi connectivity index (χ0) is 96.1. The third-order valence-electron chi connectivity index (χ3n) is 25.1. The summed E-state index contributed by atoms with van der Waals surface area (Å²) in [6.07, 6.45) is 0. The number of rotatable bonds is 9. The van der Waals surface area contributed by atoms with Gasteiger partial charge in [-0.25, -0.2) is 0 Å². The fourth-order valence-electron chi connectivity index (χ4n) is 18.5. The van der Waals surface area contributed by atoms with E-state index in [4.69, 9.17) is 0 Å². The monoisotopic (exact) mass is 1580 g/mol. The first-order chi connectivity index (χ1) is 63.7. The van der Waals surface area contributed by atoms with E-state index in [1.54, 1.807) is 9.13 Å². The molecule has 4 heterocycles. The van der Waals surface area contributed by atoms with Gasteiger partial charge in [0.15, 0.2) is 0 Å². The Morgan fingerprint density at radius 3 is 1.03 bits per heavy atom. The molecule has 0 bridgehead atoms. The first-order valence-corrected chi connectivity index (χ1v) is 42.4. The van der Waals surface area contributed by atoms with Gasteiger partial charge in [-0.2, -0.15) is 0 Å². The van der Waals surface area contributed by atoms with Crippen molar-refractivity contribution in [3.8, 4) is 67.0 Å². The Hall–Kier alpha value is -12.7. The zero-order valence-corrected chi connectivity index (χ0v) is 72.4. The number of fused-ring (bicyclic) bond motifs is 13. The summed E-state index contributed by atoms with van der Waals surface area (Å²) in [6.45, 7) is 37.6. The predicted molar refractivity (Wildman–Crippen MR) is 524 cm³/mol. The second-order valence-electron chi connectivity index (χ2n) is 39.5. The average molecular weight is 1580 g/mol.